The fourth-order valence-electron chi connectivity index (χ4n) is 3.57. The molecular weight excluding hydrogens is 397 g/mol. The third kappa shape index (κ3) is 6.60. The Bertz CT molecular complexity index is 932. The minimum atomic E-state index is -0.490. The number of benzene rings is 2. The van der Waals surface area contributed by atoms with Gasteiger partial charge in [0.1, 0.15) is 5.82 Å². The largest absolute Gasteiger partial charge is 0.370 e. The van der Waals surface area contributed by atoms with Gasteiger partial charge < -0.3 is 10.6 Å². The summed E-state index contributed by atoms with van der Waals surface area (Å²) in [6.07, 6.45) is 0.0431. The Morgan fingerprint density at radius 3 is 2.19 bits per heavy atom. The van der Waals surface area contributed by atoms with Gasteiger partial charge in [-0.15, -0.1) is 0 Å². The van der Waals surface area contributed by atoms with Crippen LogP contribution in [-0.4, -0.2) is 60.9 Å². The van der Waals surface area contributed by atoms with Gasteiger partial charge in [0.15, 0.2) is 0 Å². The number of amides is 2. The van der Waals surface area contributed by atoms with Crippen molar-refractivity contribution in [2.75, 3.05) is 44.2 Å². The van der Waals surface area contributed by atoms with E-state index >= 15 is 0 Å². The highest BCUT2D eigenvalue weighted by Crippen LogP contribution is 2.17. The van der Waals surface area contributed by atoms with E-state index in [9.17, 15) is 14.0 Å². The molecule has 0 spiro atoms. The molecule has 3 rings (SSSR count). The molecule has 0 bridgehead atoms. The van der Waals surface area contributed by atoms with E-state index in [0.29, 0.717) is 11.3 Å². The highest BCUT2D eigenvalue weighted by Gasteiger charge is 2.23. The van der Waals surface area contributed by atoms with Crippen molar-refractivity contribution in [3.8, 4) is 6.07 Å². The molecular formula is C23H26FN5O2. The van der Waals surface area contributed by atoms with Crippen molar-refractivity contribution in [1.82, 2.24) is 9.80 Å². The maximum absolute atomic E-state index is 13.3. The molecule has 1 fully saturated rings. The van der Waals surface area contributed by atoms with Crippen molar-refractivity contribution in [2.24, 2.45) is 5.73 Å². The number of nitrogens with zero attached hydrogens (tertiary/aromatic N) is 4. The number of primary amides is 1. The Labute approximate surface area is 181 Å². The van der Waals surface area contributed by atoms with Crippen LogP contribution in [0.25, 0.3) is 0 Å². The SMILES string of the molecule is N#Cc1ccc(CN2CCN(CC(=O)N(CCC(N)=O)c3ccc(F)cc3)CC2)cc1. The minimum Gasteiger partial charge on any atom is -0.370 e. The van der Waals surface area contributed by atoms with Gasteiger partial charge in [0.05, 0.1) is 18.2 Å². The van der Waals surface area contributed by atoms with Gasteiger partial charge >= 0.3 is 0 Å². The number of anilines is 1. The van der Waals surface area contributed by atoms with E-state index in [2.05, 4.69) is 15.9 Å². The molecule has 1 aliphatic heterocycles. The van der Waals surface area contributed by atoms with Gasteiger partial charge in [0, 0.05) is 51.4 Å². The van der Waals surface area contributed by atoms with E-state index in [0.717, 1.165) is 38.3 Å². The van der Waals surface area contributed by atoms with Crippen LogP contribution in [0.3, 0.4) is 0 Å². The normalized spacial score (nSPS) is 14.7. The third-order valence-corrected chi connectivity index (χ3v) is 5.33. The predicted octanol–water partition coefficient (Wildman–Crippen LogP) is 1.72. The topological polar surface area (TPSA) is 93.7 Å². The van der Waals surface area contributed by atoms with Gasteiger partial charge in [0.2, 0.25) is 11.8 Å². The monoisotopic (exact) mass is 423 g/mol. The highest BCUT2D eigenvalue weighted by atomic mass is 19.1. The van der Waals surface area contributed by atoms with Crippen molar-refractivity contribution >= 4 is 17.5 Å². The van der Waals surface area contributed by atoms with E-state index in [1.807, 2.05) is 24.3 Å². The van der Waals surface area contributed by atoms with Crippen molar-refractivity contribution in [3.05, 3.63) is 65.5 Å². The molecule has 2 N–H and O–H groups in total. The van der Waals surface area contributed by atoms with Crippen LogP contribution in [-0.2, 0) is 16.1 Å². The van der Waals surface area contributed by atoms with Crippen molar-refractivity contribution in [2.45, 2.75) is 13.0 Å². The Morgan fingerprint density at radius 1 is 1.00 bits per heavy atom. The van der Waals surface area contributed by atoms with Gasteiger partial charge in [-0.05, 0) is 42.0 Å². The number of halogens is 1. The number of hydrogen-bond acceptors (Lipinski definition) is 5. The second-order valence-corrected chi connectivity index (χ2v) is 7.60. The first kappa shape index (κ1) is 22.4. The molecule has 0 aliphatic carbocycles. The zero-order chi connectivity index (χ0) is 22.2. The summed E-state index contributed by atoms with van der Waals surface area (Å²) < 4.78 is 13.3. The Morgan fingerprint density at radius 2 is 1.61 bits per heavy atom. The van der Waals surface area contributed by atoms with Crippen molar-refractivity contribution in [3.63, 3.8) is 0 Å². The fraction of sp³-hybridized carbons (Fsp3) is 0.348. The molecule has 7 nitrogen and oxygen atoms in total. The van der Waals surface area contributed by atoms with Crippen LogP contribution in [0.15, 0.2) is 48.5 Å². The van der Waals surface area contributed by atoms with Crippen LogP contribution in [0.2, 0.25) is 0 Å². The summed E-state index contributed by atoms with van der Waals surface area (Å²) in [6.45, 7) is 4.33. The quantitative estimate of drug-likeness (QED) is 0.698. The zero-order valence-electron chi connectivity index (χ0n) is 17.3. The molecule has 0 radical (unpaired) electrons. The van der Waals surface area contributed by atoms with E-state index < -0.39 is 5.91 Å². The first-order chi connectivity index (χ1) is 14.9. The lowest BCUT2D eigenvalue weighted by molar-refractivity contribution is -0.120. The van der Waals surface area contributed by atoms with E-state index in [1.54, 1.807) is 0 Å². The fourth-order valence-corrected chi connectivity index (χ4v) is 3.57. The van der Waals surface area contributed by atoms with E-state index in [-0.39, 0.29) is 31.2 Å². The lowest BCUT2D eigenvalue weighted by Crippen LogP contribution is -2.50. The molecule has 31 heavy (non-hydrogen) atoms. The van der Waals surface area contributed by atoms with Gasteiger partial charge in [0.25, 0.3) is 0 Å². The number of nitrogens with two attached hydrogens (primary N) is 1. The van der Waals surface area contributed by atoms with E-state index in [1.165, 1.54) is 29.2 Å². The molecule has 2 aromatic rings. The van der Waals surface area contributed by atoms with Crippen LogP contribution in [0.1, 0.15) is 17.5 Å². The van der Waals surface area contributed by atoms with Crippen LogP contribution in [0, 0.1) is 17.1 Å². The molecule has 0 saturated carbocycles. The zero-order valence-corrected chi connectivity index (χ0v) is 17.3. The molecule has 1 aliphatic rings. The summed E-state index contributed by atoms with van der Waals surface area (Å²) >= 11 is 0. The number of piperazine rings is 1. The maximum atomic E-state index is 13.3. The molecule has 0 aromatic heterocycles. The van der Waals surface area contributed by atoms with Crippen LogP contribution in [0.5, 0.6) is 0 Å². The molecule has 2 amide bonds. The summed E-state index contributed by atoms with van der Waals surface area (Å²) in [6, 6.07) is 15.3. The first-order valence-corrected chi connectivity index (χ1v) is 10.2. The van der Waals surface area contributed by atoms with Gasteiger partial charge in [-0.1, -0.05) is 12.1 Å². The average Bonchev–Trinajstić information content (AvgIpc) is 2.77. The molecule has 162 valence electrons. The Balaban J connectivity index is 1.54. The smallest absolute Gasteiger partial charge is 0.241 e. The van der Waals surface area contributed by atoms with Crippen LogP contribution >= 0.6 is 0 Å². The summed E-state index contributed by atoms with van der Waals surface area (Å²) in [7, 11) is 0. The lowest BCUT2D eigenvalue weighted by atomic mass is 10.1. The minimum absolute atomic E-state index is 0.0431. The third-order valence-electron chi connectivity index (χ3n) is 5.33. The summed E-state index contributed by atoms with van der Waals surface area (Å²) in [4.78, 5) is 30.0. The van der Waals surface area contributed by atoms with E-state index in [4.69, 9.17) is 11.0 Å². The highest BCUT2D eigenvalue weighted by molar-refractivity contribution is 5.95. The van der Waals surface area contributed by atoms with Crippen molar-refractivity contribution < 1.29 is 14.0 Å². The number of nitriles is 1. The Kier molecular flexibility index (Phi) is 7.70. The number of carbonyl (C=O) groups excluding carboxylic acids is 2. The number of rotatable bonds is 8. The number of carbonyl (C=O) groups is 2. The summed E-state index contributed by atoms with van der Waals surface area (Å²) in [5.74, 6) is -1.02. The maximum Gasteiger partial charge on any atom is 0.241 e. The number of hydrogen-bond donors (Lipinski definition) is 1. The standard InChI is InChI=1S/C23H26FN5O2/c24-20-5-7-21(8-6-20)29(10-9-22(26)30)23(31)17-28-13-11-27(12-14-28)16-19-3-1-18(15-25)2-4-19/h1-8H,9-14,16-17H2,(H2,26,30). The van der Waals surface area contributed by atoms with Gasteiger partial charge in [-0.2, -0.15) is 5.26 Å². The average molecular weight is 423 g/mol. The second-order valence-electron chi connectivity index (χ2n) is 7.60. The van der Waals surface area contributed by atoms with Gasteiger partial charge in [-0.25, -0.2) is 4.39 Å². The van der Waals surface area contributed by atoms with Crippen LogP contribution < -0.4 is 10.6 Å². The predicted molar refractivity (Wildman–Crippen MR) is 115 cm³/mol. The molecule has 0 unspecified atom stereocenters. The first-order valence-electron chi connectivity index (χ1n) is 10.2. The molecule has 1 saturated heterocycles. The lowest BCUT2D eigenvalue weighted by Gasteiger charge is -2.35. The van der Waals surface area contributed by atoms with Gasteiger partial charge in [-0.3, -0.25) is 19.4 Å². The second kappa shape index (κ2) is 10.7. The molecule has 2 aromatic carbocycles. The molecule has 0 atom stereocenters. The molecule has 1 heterocycles. The van der Waals surface area contributed by atoms with Crippen molar-refractivity contribution in [1.29, 1.82) is 5.26 Å². The Hall–Kier alpha value is -3.28. The molecule has 8 heteroatoms. The van der Waals surface area contributed by atoms with Crippen LogP contribution in [0.4, 0.5) is 10.1 Å². The summed E-state index contributed by atoms with van der Waals surface area (Å²) in [5.41, 5.74) is 7.60. The summed E-state index contributed by atoms with van der Waals surface area (Å²) in [5, 5.41) is 8.90.